The fraction of sp³-hybridized carbons (Fsp3) is 0.436. The number of unbranched alkanes of at least 4 members (excludes halogenated alkanes) is 1. The molecule has 0 bridgehead atoms. The van der Waals surface area contributed by atoms with E-state index in [-0.39, 0.29) is 31.8 Å². The van der Waals surface area contributed by atoms with Crippen molar-refractivity contribution in [3.8, 4) is 5.75 Å². The Bertz CT molecular complexity index is 2130. The Kier molecular flexibility index (Phi) is 18.7. The molecule has 6 unspecified atom stereocenters. The van der Waals surface area contributed by atoms with Gasteiger partial charge in [-0.05, 0) is 86.9 Å². The maximum absolute atomic E-state index is 13.8. The van der Waals surface area contributed by atoms with Gasteiger partial charge in [-0.1, -0.05) is 133 Å². The smallest absolute Gasteiger partial charge is 0.220 e. The Labute approximate surface area is 391 Å². The first-order valence-corrected chi connectivity index (χ1v) is 23.4. The Hall–Kier alpha value is -4.95. The number of rotatable bonds is 25. The van der Waals surface area contributed by atoms with Gasteiger partial charge in [0.05, 0.1) is 58.4 Å². The van der Waals surface area contributed by atoms with Gasteiger partial charge in [0, 0.05) is 6.42 Å². The van der Waals surface area contributed by atoms with Crippen LogP contribution in [0.5, 0.6) is 5.75 Å². The Morgan fingerprint density at radius 1 is 0.621 bits per heavy atom. The normalized spacial score (nSPS) is 23.0. The number of amides is 1. The van der Waals surface area contributed by atoms with Crippen LogP contribution >= 0.6 is 0 Å². The first-order valence-electron chi connectivity index (χ1n) is 23.4. The van der Waals surface area contributed by atoms with Crippen LogP contribution in [0.3, 0.4) is 0 Å². The van der Waals surface area contributed by atoms with Gasteiger partial charge in [-0.2, -0.15) is 0 Å². The zero-order chi connectivity index (χ0) is 46.0. The molecule has 0 aliphatic carbocycles. The van der Waals surface area contributed by atoms with E-state index in [0.29, 0.717) is 39.3 Å². The van der Waals surface area contributed by atoms with Crippen LogP contribution in [0.4, 0.5) is 0 Å². The molecule has 0 saturated carbocycles. The number of hydrogen-bond donors (Lipinski definition) is 1. The van der Waals surface area contributed by atoms with Crippen LogP contribution in [0.25, 0.3) is 0 Å². The summed E-state index contributed by atoms with van der Waals surface area (Å²) in [6.45, 7) is 9.80. The summed E-state index contributed by atoms with van der Waals surface area (Å²) in [5.41, 5.74) is 5.23. The van der Waals surface area contributed by atoms with Gasteiger partial charge in [0.2, 0.25) is 5.91 Å². The molecule has 2 aliphatic rings. The second kappa shape index (κ2) is 25.3. The van der Waals surface area contributed by atoms with Gasteiger partial charge in [0.1, 0.15) is 36.3 Å². The first kappa shape index (κ1) is 49.0. The highest BCUT2D eigenvalue weighted by Crippen LogP contribution is 2.34. The molecule has 0 aromatic heterocycles. The van der Waals surface area contributed by atoms with Crippen LogP contribution in [0.1, 0.15) is 74.8 Å². The standard InChI is InChI=1S/C55H67NO10/c1-5-59-46-32-30-41(31-33-46)20-18-19-29-49(57)56-47(50-40(2)65-55(3,4)66-50)38-63-54-53(62-37-45-27-16-9-17-28-45)52(61-36-44-25-14-8-15-26-44)51(60-35-43-23-12-7-13-24-43)48(64-54)39-58-34-42-21-10-6-11-22-42/h6-17,21-28,30-33,40,47-48,50-54H,5,18-20,29,34-39H2,1-4H3,(H,56,57)/t40?,47-,48?,50+,51?,52?,53?,54?/m0/s1. The van der Waals surface area contributed by atoms with Crippen LogP contribution in [-0.2, 0) is 75.5 Å². The second-order valence-corrected chi connectivity index (χ2v) is 17.4. The van der Waals surface area contributed by atoms with E-state index in [1.165, 1.54) is 5.56 Å². The van der Waals surface area contributed by atoms with Crippen molar-refractivity contribution in [2.24, 2.45) is 0 Å². The molecular formula is C55H67NO10. The van der Waals surface area contributed by atoms with Crippen molar-refractivity contribution in [3.05, 3.63) is 173 Å². The Morgan fingerprint density at radius 3 is 1.68 bits per heavy atom. The summed E-state index contributed by atoms with van der Waals surface area (Å²) in [5, 5.41) is 3.27. The topological polar surface area (TPSA) is 112 Å². The molecule has 1 N–H and O–H groups in total. The van der Waals surface area contributed by atoms with Gasteiger partial charge in [0.25, 0.3) is 0 Å². The molecule has 352 valence electrons. The first-order chi connectivity index (χ1) is 32.2. The summed E-state index contributed by atoms with van der Waals surface area (Å²) in [6, 6.07) is 47.7. The van der Waals surface area contributed by atoms with Crippen molar-refractivity contribution in [2.75, 3.05) is 19.8 Å². The van der Waals surface area contributed by atoms with E-state index in [2.05, 4.69) is 17.4 Å². The van der Waals surface area contributed by atoms with Gasteiger partial charge in [-0.25, -0.2) is 0 Å². The zero-order valence-corrected chi connectivity index (χ0v) is 38.8. The predicted molar refractivity (Wildman–Crippen MR) is 252 cm³/mol. The number of aryl methyl sites for hydroxylation is 1. The minimum absolute atomic E-state index is 0.0424. The molecule has 7 rings (SSSR count). The highest BCUT2D eigenvalue weighted by atomic mass is 16.8. The van der Waals surface area contributed by atoms with E-state index in [0.717, 1.165) is 40.8 Å². The third kappa shape index (κ3) is 15.0. The fourth-order valence-corrected chi connectivity index (χ4v) is 8.49. The molecule has 1 amide bonds. The number of nitrogens with one attached hydrogen (secondary N) is 1. The summed E-state index contributed by atoms with van der Waals surface area (Å²) in [5.74, 6) is -0.0905. The lowest BCUT2D eigenvalue weighted by Crippen LogP contribution is -2.62. The van der Waals surface area contributed by atoms with Crippen molar-refractivity contribution < 1.29 is 47.4 Å². The highest BCUT2D eigenvalue weighted by Gasteiger charge is 2.50. The maximum Gasteiger partial charge on any atom is 0.220 e. The predicted octanol–water partition coefficient (Wildman–Crippen LogP) is 9.54. The van der Waals surface area contributed by atoms with Crippen LogP contribution in [0.15, 0.2) is 146 Å². The number of hydrogen-bond acceptors (Lipinski definition) is 10. The minimum Gasteiger partial charge on any atom is -0.494 e. The van der Waals surface area contributed by atoms with Gasteiger partial charge in [0.15, 0.2) is 12.1 Å². The monoisotopic (exact) mass is 901 g/mol. The summed E-state index contributed by atoms with van der Waals surface area (Å²) in [4.78, 5) is 13.8. The largest absolute Gasteiger partial charge is 0.494 e. The van der Waals surface area contributed by atoms with E-state index < -0.39 is 48.6 Å². The zero-order valence-electron chi connectivity index (χ0n) is 38.8. The number of carbonyl (C=O) groups excluding carboxylic acids is 1. The van der Waals surface area contributed by atoms with Crippen LogP contribution in [0.2, 0.25) is 0 Å². The lowest BCUT2D eigenvalue weighted by atomic mass is 9.97. The van der Waals surface area contributed by atoms with Gasteiger partial charge < -0.3 is 47.9 Å². The molecule has 66 heavy (non-hydrogen) atoms. The summed E-state index contributed by atoms with van der Waals surface area (Å²) >= 11 is 0. The van der Waals surface area contributed by atoms with Gasteiger partial charge in [-0.15, -0.1) is 0 Å². The molecular weight excluding hydrogens is 835 g/mol. The maximum atomic E-state index is 13.8. The van der Waals surface area contributed by atoms with Crippen molar-refractivity contribution in [1.29, 1.82) is 0 Å². The van der Waals surface area contributed by atoms with E-state index in [9.17, 15) is 4.79 Å². The SMILES string of the molecule is CCOc1ccc(CCCCC(=O)N[C@@H](COC2OC(COCc3ccccc3)C(OCc3ccccc3)C(OCc3ccccc3)C2OCc2ccccc2)[C@@H]2OC(C)(C)OC2C)cc1. The van der Waals surface area contributed by atoms with Crippen molar-refractivity contribution >= 4 is 5.91 Å². The van der Waals surface area contributed by atoms with E-state index in [1.54, 1.807) is 0 Å². The summed E-state index contributed by atoms with van der Waals surface area (Å²) < 4.78 is 59.1. The summed E-state index contributed by atoms with van der Waals surface area (Å²) in [6.07, 6.45) is -1.72. The molecule has 0 spiro atoms. The second-order valence-electron chi connectivity index (χ2n) is 17.4. The number of carbonyl (C=O) groups is 1. The molecule has 11 heteroatoms. The van der Waals surface area contributed by atoms with E-state index in [4.69, 9.17) is 42.6 Å². The molecule has 11 nitrogen and oxygen atoms in total. The quantitative estimate of drug-likeness (QED) is 0.0569. The third-order valence-corrected chi connectivity index (χ3v) is 11.7. The van der Waals surface area contributed by atoms with E-state index in [1.807, 2.05) is 161 Å². The number of benzene rings is 5. The van der Waals surface area contributed by atoms with E-state index >= 15 is 0 Å². The molecule has 0 radical (unpaired) electrons. The molecule has 5 aromatic carbocycles. The molecule has 8 atom stereocenters. The third-order valence-electron chi connectivity index (χ3n) is 11.7. The van der Waals surface area contributed by atoms with Gasteiger partial charge >= 0.3 is 0 Å². The van der Waals surface area contributed by atoms with Crippen LogP contribution in [-0.4, -0.2) is 80.5 Å². The van der Waals surface area contributed by atoms with Crippen molar-refractivity contribution in [1.82, 2.24) is 5.32 Å². The van der Waals surface area contributed by atoms with Crippen LogP contribution < -0.4 is 10.1 Å². The Balaban J connectivity index is 1.13. The fourth-order valence-electron chi connectivity index (χ4n) is 8.49. The Morgan fingerprint density at radius 2 is 1.15 bits per heavy atom. The average Bonchev–Trinajstić information content (AvgIpc) is 3.63. The molecule has 2 heterocycles. The number of ether oxygens (including phenoxy) is 9. The minimum atomic E-state index is -0.962. The lowest BCUT2D eigenvalue weighted by Gasteiger charge is -2.46. The van der Waals surface area contributed by atoms with Crippen LogP contribution in [0, 0.1) is 0 Å². The lowest BCUT2D eigenvalue weighted by molar-refractivity contribution is -0.329. The molecule has 5 aromatic rings. The molecule has 2 saturated heterocycles. The average molecular weight is 902 g/mol. The van der Waals surface area contributed by atoms with Gasteiger partial charge in [-0.3, -0.25) is 4.79 Å². The van der Waals surface area contributed by atoms with Crippen molar-refractivity contribution in [3.63, 3.8) is 0 Å². The highest BCUT2D eigenvalue weighted by molar-refractivity contribution is 5.76. The van der Waals surface area contributed by atoms with Crippen molar-refractivity contribution in [2.45, 2.75) is 135 Å². The molecule has 2 fully saturated rings. The molecule has 2 aliphatic heterocycles. The summed E-state index contributed by atoms with van der Waals surface area (Å²) in [7, 11) is 0.